The van der Waals surface area contributed by atoms with Gasteiger partial charge in [0.05, 0.1) is 29.1 Å². The number of benzene rings is 1. The van der Waals surface area contributed by atoms with Gasteiger partial charge in [0, 0.05) is 17.3 Å². The fraction of sp³-hybridized carbons (Fsp3) is 0.476. The third-order valence-corrected chi connectivity index (χ3v) is 7.04. The Kier molecular flexibility index (Phi) is 5.54. The lowest BCUT2D eigenvalue weighted by Crippen LogP contribution is -2.25. The van der Waals surface area contributed by atoms with Gasteiger partial charge in [-0.3, -0.25) is 9.48 Å². The van der Waals surface area contributed by atoms with Crippen molar-refractivity contribution in [3.05, 3.63) is 35.0 Å². The Balaban J connectivity index is 1.48. The highest BCUT2D eigenvalue weighted by molar-refractivity contribution is 8.00. The van der Waals surface area contributed by atoms with Crippen LogP contribution in [0.25, 0.3) is 0 Å². The molecule has 154 valence electrons. The van der Waals surface area contributed by atoms with Crippen molar-refractivity contribution in [1.29, 1.82) is 0 Å². The number of aryl methyl sites for hydroxylation is 1. The van der Waals surface area contributed by atoms with Crippen LogP contribution in [0.15, 0.2) is 23.2 Å². The lowest BCUT2D eigenvalue weighted by Gasteiger charge is -2.23. The van der Waals surface area contributed by atoms with Gasteiger partial charge in [-0.2, -0.15) is 5.10 Å². The number of thioether (sulfide) groups is 1. The molecule has 2 aliphatic rings. The maximum atomic E-state index is 12.9. The van der Waals surface area contributed by atoms with Crippen LogP contribution < -0.4 is 10.1 Å². The van der Waals surface area contributed by atoms with Crippen molar-refractivity contribution < 1.29 is 19.4 Å². The smallest absolute Gasteiger partial charge is 0.339 e. The van der Waals surface area contributed by atoms with Crippen LogP contribution in [-0.4, -0.2) is 39.1 Å². The molecule has 1 aliphatic heterocycles. The van der Waals surface area contributed by atoms with Crippen LogP contribution in [0, 0.1) is 6.92 Å². The maximum Gasteiger partial charge on any atom is 0.339 e. The second-order valence-corrected chi connectivity index (χ2v) is 8.82. The number of ether oxygens (including phenoxy) is 1. The number of nitrogens with zero attached hydrogens (tertiary/aromatic N) is 2. The minimum atomic E-state index is -1.07. The standard InChI is InChI=1S/C21H25N3O4S/c1-12-16-11-18(29-20(16)24(23-12)14-6-4-3-5-7-14)19(25)22-13-8-9-15(21(26)27)17(10-13)28-2/h8-10,14,18H,3-7,11H2,1-2H3,(H,22,25)(H,26,27). The van der Waals surface area contributed by atoms with Gasteiger partial charge in [-0.25, -0.2) is 4.79 Å². The van der Waals surface area contributed by atoms with Crippen LogP contribution in [0.4, 0.5) is 5.69 Å². The van der Waals surface area contributed by atoms with Crippen molar-refractivity contribution >= 4 is 29.3 Å². The van der Waals surface area contributed by atoms with Crippen molar-refractivity contribution in [3.8, 4) is 5.75 Å². The number of fused-ring (bicyclic) bond motifs is 1. The van der Waals surface area contributed by atoms with E-state index in [1.807, 2.05) is 6.92 Å². The molecule has 0 spiro atoms. The Hall–Kier alpha value is -2.48. The largest absolute Gasteiger partial charge is 0.496 e. The molecule has 4 rings (SSSR count). The molecule has 2 heterocycles. The van der Waals surface area contributed by atoms with E-state index in [0.29, 0.717) is 18.2 Å². The van der Waals surface area contributed by atoms with Crippen molar-refractivity contribution in [2.45, 2.75) is 61.8 Å². The number of hydrogen-bond acceptors (Lipinski definition) is 5. The van der Waals surface area contributed by atoms with Crippen LogP contribution in [0.5, 0.6) is 5.75 Å². The lowest BCUT2D eigenvalue weighted by molar-refractivity contribution is -0.115. The predicted molar refractivity (Wildman–Crippen MR) is 111 cm³/mol. The van der Waals surface area contributed by atoms with Gasteiger partial charge in [0.15, 0.2) is 0 Å². The molecule has 1 amide bonds. The summed E-state index contributed by atoms with van der Waals surface area (Å²) in [4.78, 5) is 24.1. The van der Waals surface area contributed by atoms with Gasteiger partial charge in [-0.1, -0.05) is 31.0 Å². The summed E-state index contributed by atoms with van der Waals surface area (Å²) in [6.07, 6.45) is 6.74. The number of hydrogen-bond donors (Lipinski definition) is 2. The highest BCUT2D eigenvalue weighted by Gasteiger charge is 2.35. The molecule has 8 heteroatoms. The fourth-order valence-electron chi connectivity index (χ4n) is 4.17. The summed E-state index contributed by atoms with van der Waals surface area (Å²) in [5, 5.41) is 17.8. The Morgan fingerprint density at radius 2 is 2.03 bits per heavy atom. The van der Waals surface area contributed by atoms with Gasteiger partial charge in [0.1, 0.15) is 11.3 Å². The van der Waals surface area contributed by atoms with E-state index in [0.717, 1.165) is 23.6 Å². The quantitative estimate of drug-likeness (QED) is 0.765. The molecule has 1 fully saturated rings. The van der Waals surface area contributed by atoms with E-state index in [2.05, 4.69) is 10.00 Å². The van der Waals surface area contributed by atoms with Gasteiger partial charge < -0.3 is 15.2 Å². The molecule has 29 heavy (non-hydrogen) atoms. The molecule has 1 unspecified atom stereocenters. The molecular formula is C21H25N3O4S. The summed E-state index contributed by atoms with van der Waals surface area (Å²) in [5.74, 6) is -0.934. The predicted octanol–water partition coefficient (Wildman–Crippen LogP) is 4.06. The molecule has 1 atom stereocenters. The zero-order chi connectivity index (χ0) is 20.5. The summed E-state index contributed by atoms with van der Waals surface area (Å²) in [6.45, 7) is 2.02. The molecule has 7 nitrogen and oxygen atoms in total. The van der Waals surface area contributed by atoms with Crippen molar-refractivity contribution in [2.75, 3.05) is 12.4 Å². The number of carboxylic acid groups (broad SMARTS) is 1. The molecule has 0 saturated heterocycles. The Bertz CT molecular complexity index is 950. The first kappa shape index (κ1) is 19.8. The van der Waals surface area contributed by atoms with Crippen molar-refractivity contribution in [3.63, 3.8) is 0 Å². The molecule has 1 aromatic heterocycles. The molecule has 1 aromatic carbocycles. The molecule has 2 N–H and O–H groups in total. The third-order valence-electron chi connectivity index (χ3n) is 5.72. The highest BCUT2D eigenvalue weighted by atomic mass is 32.2. The number of nitrogens with one attached hydrogen (secondary N) is 1. The fourth-order valence-corrected chi connectivity index (χ4v) is 5.53. The minimum absolute atomic E-state index is 0.0661. The monoisotopic (exact) mass is 415 g/mol. The number of methoxy groups -OCH3 is 1. The first-order valence-corrected chi connectivity index (χ1v) is 10.8. The van der Waals surface area contributed by atoms with Crippen molar-refractivity contribution in [1.82, 2.24) is 9.78 Å². The van der Waals surface area contributed by atoms with Gasteiger partial charge in [0.2, 0.25) is 5.91 Å². The molecular weight excluding hydrogens is 390 g/mol. The number of aromatic carboxylic acids is 1. The van der Waals surface area contributed by atoms with Crippen LogP contribution in [-0.2, 0) is 11.2 Å². The summed E-state index contributed by atoms with van der Waals surface area (Å²) in [7, 11) is 1.41. The van der Waals surface area contributed by atoms with E-state index in [4.69, 9.17) is 9.84 Å². The van der Waals surface area contributed by atoms with Gasteiger partial charge in [-0.15, -0.1) is 0 Å². The van der Waals surface area contributed by atoms with Crippen LogP contribution in [0.1, 0.15) is 59.8 Å². The average Bonchev–Trinajstić information content (AvgIpc) is 3.29. The van der Waals surface area contributed by atoms with Crippen LogP contribution in [0.2, 0.25) is 0 Å². The molecule has 0 bridgehead atoms. The topological polar surface area (TPSA) is 93.5 Å². The number of carbonyl (C=O) groups excluding carboxylic acids is 1. The number of aromatic nitrogens is 2. The van der Waals surface area contributed by atoms with Gasteiger partial charge in [0.25, 0.3) is 0 Å². The molecule has 1 aliphatic carbocycles. The summed E-state index contributed by atoms with van der Waals surface area (Å²) in [5.41, 5.74) is 2.79. The second-order valence-electron chi connectivity index (χ2n) is 7.63. The average molecular weight is 416 g/mol. The zero-order valence-corrected chi connectivity index (χ0v) is 17.4. The zero-order valence-electron chi connectivity index (χ0n) is 16.6. The number of rotatable bonds is 5. The number of carbonyl (C=O) groups is 2. The first-order valence-electron chi connectivity index (χ1n) is 9.94. The van der Waals surface area contributed by atoms with E-state index in [1.165, 1.54) is 38.0 Å². The second kappa shape index (κ2) is 8.10. The van der Waals surface area contributed by atoms with E-state index in [-0.39, 0.29) is 22.5 Å². The number of anilines is 1. The maximum absolute atomic E-state index is 12.9. The number of amides is 1. The van der Waals surface area contributed by atoms with E-state index < -0.39 is 5.97 Å². The van der Waals surface area contributed by atoms with Crippen molar-refractivity contribution in [2.24, 2.45) is 0 Å². The van der Waals surface area contributed by atoms with E-state index in [9.17, 15) is 14.7 Å². The minimum Gasteiger partial charge on any atom is -0.496 e. The van der Waals surface area contributed by atoms with Crippen LogP contribution in [0.3, 0.4) is 0 Å². The normalized spacial score (nSPS) is 19.0. The Morgan fingerprint density at radius 1 is 1.28 bits per heavy atom. The summed E-state index contributed by atoms with van der Waals surface area (Å²) < 4.78 is 7.30. The molecule has 1 saturated carbocycles. The van der Waals surface area contributed by atoms with Gasteiger partial charge in [-0.05, 0) is 38.3 Å². The SMILES string of the molecule is COc1cc(NC(=O)C2Cc3c(C)nn(C4CCCCC4)c3S2)ccc1C(=O)O. The van der Waals surface area contributed by atoms with Gasteiger partial charge >= 0.3 is 5.97 Å². The Morgan fingerprint density at radius 3 is 2.72 bits per heavy atom. The van der Waals surface area contributed by atoms with E-state index in [1.54, 1.807) is 23.9 Å². The highest BCUT2D eigenvalue weighted by Crippen LogP contribution is 2.42. The number of carboxylic acids is 1. The summed E-state index contributed by atoms with van der Waals surface area (Å²) in [6, 6.07) is 5.01. The summed E-state index contributed by atoms with van der Waals surface area (Å²) >= 11 is 1.59. The Labute approximate surface area is 173 Å². The lowest BCUT2D eigenvalue weighted by atomic mass is 9.96. The van der Waals surface area contributed by atoms with E-state index >= 15 is 0 Å². The van der Waals surface area contributed by atoms with Crippen LogP contribution >= 0.6 is 11.8 Å². The molecule has 2 aromatic rings. The third kappa shape index (κ3) is 3.85. The molecule has 0 radical (unpaired) electrons. The first-order chi connectivity index (χ1) is 14.0.